The summed E-state index contributed by atoms with van der Waals surface area (Å²) >= 11 is 0. The number of nitrogens with one attached hydrogen (secondary N) is 2. The Labute approximate surface area is 138 Å². The number of anilines is 2. The second-order valence-electron chi connectivity index (χ2n) is 5.92. The van der Waals surface area contributed by atoms with E-state index >= 15 is 0 Å². The van der Waals surface area contributed by atoms with Gasteiger partial charge >= 0.3 is 0 Å². The maximum Gasteiger partial charge on any atom is 0.276 e. The summed E-state index contributed by atoms with van der Waals surface area (Å²) in [4.78, 5) is 30.0. The van der Waals surface area contributed by atoms with E-state index in [2.05, 4.69) is 25.8 Å². The van der Waals surface area contributed by atoms with Gasteiger partial charge in [0.2, 0.25) is 11.9 Å². The Morgan fingerprint density at radius 2 is 2.25 bits per heavy atom. The number of hydrogen-bond acceptors (Lipinski definition) is 6. The van der Waals surface area contributed by atoms with Gasteiger partial charge < -0.3 is 10.2 Å². The van der Waals surface area contributed by atoms with Gasteiger partial charge in [0.1, 0.15) is 12.0 Å². The SMILES string of the molecule is O=C1CN(c2ccnc(C(=O)Nc3nncn3C3CC3)c2)CCN1. The zero-order valence-electron chi connectivity index (χ0n) is 13.0. The molecule has 3 heterocycles. The predicted molar refractivity (Wildman–Crippen MR) is 85.7 cm³/mol. The minimum atomic E-state index is -0.340. The third-order valence-corrected chi connectivity index (χ3v) is 4.12. The van der Waals surface area contributed by atoms with E-state index in [4.69, 9.17) is 0 Å². The molecule has 2 aromatic rings. The smallest absolute Gasteiger partial charge is 0.276 e. The van der Waals surface area contributed by atoms with Gasteiger partial charge in [-0.15, -0.1) is 10.2 Å². The van der Waals surface area contributed by atoms with Crippen LogP contribution in [0.4, 0.5) is 11.6 Å². The topological polar surface area (TPSA) is 105 Å². The van der Waals surface area contributed by atoms with E-state index in [1.807, 2.05) is 9.47 Å². The van der Waals surface area contributed by atoms with Crippen molar-refractivity contribution in [3.63, 3.8) is 0 Å². The Bertz CT molecular complexity index is 784. The third kappa shape index (κ3) is 2.92. The van der Waals surface area contributed by atoms with E-state index in [1.54, 1.807) is 24.7 Å². The van der Waals surface area contributed by atoms with E-state index in [9.17, 15) is 9.59 Å². The lowest BCUT2D eigenvalue weighted by molar-refractivity contribution is -0.120. The van der Waals surface area contributed by atoms with Gasteiger partial charge in [0.15, 0.2) is 0 Å². The molecule has 2 aromatic heterocycles. The van der Waals surface area contributed by atoms with Crippen molar-refractivity contribution in [1.82, 2.24) is 25.1 Å². The maximum absolute atomic E-state index is 12.5. The molecule has 4 rings (SSSR count). The Hall–Kier alpha value is -2.97. The molecule has 0 radical (unpaired) electrons. The highest BCUT2D eigenvalue weighted by molar-refractivity contribution is 6.02. The highest BCUT2D eigenvalue weighted by Crippen LogP contribution is 2.36. The first-order valence-electron chi connectivity index (χ1n) is 7.89. The van der Waals surface area contributed by atoms with Gasteiger partial charge in [-0.25, -0.2) is 0 Å². The van der Waals surface area contributed by atoms with Crippen LogP contribution >= 0.6 is 0 Å². The Morgan fingerprint density at radius 1 is 1.38 bits per heavy atom. The van der Waals surface area contributed by atoms with Crippen molar-refractivity contribution in [3.05, 3.63) is 30.4 Å². The van der Waals surface area contributed by atoms with Gasteiger partial charge in [-0.3, -0.25) is 24.5 Å². The summed E-state index contributed by atoms with van der Waals surface area (Å²) in [6.45, 7) is 1.57. The van der Waals surface area contributed by atoms with Crippen LogP contribution in [0.1, 0.15) is 29.4 Å². The maximum atomic E-state index is 12.5. The largest absolute Gasteiger partial charge is 0.360 e. The Morgan fingerprint density at radius 3 is 3.04 bits per heavy atom. The minimum Gasteiger partial charge on any atom is -0.360 e. The van der Waals surface area contributed by atoms with Gasteiger partial charge in [-0.05, 0) is 25.0 Å². The van der Waals surface area contributed by atoms with Crippen LogP contribution in [-0.4, -0.2) is 51.2 Å². The number of pyridine rings is 1. The van der Waals surface area contributed by atoms with E-state index in [0.29, 0.717) is 25.1 Å². The molecule has 0 aromatic carbocycles. The summed E-state index contributed by atoms with van der Waals surface area (Å²) in [5.41, 5.74) is 1.08. The highest BCUT2D eigenvalue weighted by Gasteiger charge is 2.27. The zero-order chi connectivity index (χ0) is 16.5. The van der Waals surface area contributed by atoms with Gasteiger partial charge in [0.25, 0.3) is 5.91 Å². The molecule has 9 nitrogen and oxygen atoms in total. The van der Waals surface area contributed by atoms with Crippen LogP contribution in [0.2, 0.25) is 0 Å². The van der Waals surface area contributed by atoms with Crippen LogP contribution in [0.15, 0.2) is 24.7 Å². The molecule has 9 heteroatoms. The molecule has 2 amide bonds. The van der Waals surface area contributed by atoms with Gasteiger partial charge in [0.05, 0.1) is 6.54 Å². The standard InChI is InChI=1S/C15H17N7O2/c23-13-8-21(6-5-17-13)11-3-4-16-12(7-11)14(24)19-15-20-18-9-22(15)10-1-2-10/h3-4,7,9-10H,1-2,5-6,8H2,(H,17,23)(H,19,20,24). The summed E-state index contributed by atoms with van der Waals surface area (Å²) in [6, 6.07) is 3.86. The molecular weight excluding hydrogens is 310 g/mol. The summed E-state index contributed by atoms with van der Waals surface area (Å²) in [6.07, 6.45) is 5.35. The van der Waals surface area contributed by atoms with Crippen molar-refractivity contribution in [1.29, 1.82) is 0 Å². The average molecular weight is 327 g/mol. The van der Waals surface area contributed by atoms with Crippen molar-refractivity contribution >= 4 is 23.5 Å². The molecular formula is C15H17N7O2. The fraction of sp³-hybridized carbons (Fsp3) is 0.400. The first kappa shape index (κ1) is 14.6. The molecule has 0 atom stereocenters. The number of amides is 2. The quantitative estimate of drug-likeness (QED) is 0.831. The molecule has 0 bridgehead atoms. The number of carbonyl (C=O) groups is 2. The van der Waals surface area contributed by atoms with Crippen molar-refractivity contribution in [2.45, 2.75) is 18.9 Å². The van der Waals surface area contributed by atoms with Gasteiger partial charge in [-0.2, -0.15) is 0 Å². The molecule has 1 saturated heterocycles. The van der Waals surface area contributed by atoms with Crippen molar-refractivity contribution in [2.24, 2.45) is 0 Å². The first-order valence-corrected chi connectivity index (χ1v) is 7.89. The Balaban J connectivity index is 1.51. The van der Waals surface area contributed by atoms with Crippen LogP contribution < -0.4 is 15.5 Å². The fourth-order valence-electron chi connectivity index (χ4n) is 2.72. The van der Waals surface area contributed by atoms with E-state index < -0.39 is 0 Å². The van der Waals surface area contributed by atoms with E-state index in [-0.39, 0.29) is 24.1 Å². The number of aromatic nitrogens is 4. The molecule has 2 fully saturated rings. The Kier molecular flexibility index (Phi) is 3.60. The van der Waals surface area contributed by atoms with Gasteiger partial charge in [-0.1, -0.05) is 0 Å². The molecule has 0 spiro atoms. The monoisotopic (exact) mass is 327 g/mol. The highest BCUT2D eigenvalue weighted by atomic mass is 16.2. The normalized spacial score (nSPS) is 17.5. The van der Waals surface area contributed by atoms with Gasteiger partial charge in [0, 0.05) is 31.0 Å². The lowest BCUT2D eigenvalue weighted by Gasteiger charge is -2.28. The predicted octanol–water partition coefficient (Wildman–Crippen LogP) is 0.196. The molecule has 124 valence electrons. The summed E-state index contributed by atoms with van der Waals surface area (Å²) in [5.74, 6) is 0.0712. The number of piperazine rings is 1. The number of nitrogens with zero attached hydrogens (tertiary/aromatic N) is 5. The minimum absolute atomic E-state index is 0.0263. The van der Waals surface area contributed by atoms with Crippen molar-refractivity contribution in [3.8, 4) is 0 Å². The summed E-state index contributed by atoms with van der Waals surface area (Å²) in [7, 11) is 0. The molecule has 2 aliphatic rings. The lowest BCUT2D eigenvalue weighted by atomic mass is 10.2. The van der Waals surface area contributed by atoms with Crippen LogP contribution in [0, 0.1) is 0 Å². The zero-order valence-corrected chi connectivity index (χ0v) is 13.0. The molecule has 2 N–H and O–H groups in total. The van der Waals surface area contributed by atoms with Crippen molar-refractivity contribution in [2.75, 3.05) is 29.9 Å². The summed E-state index contributed by atoms with van der Waals surface area (Å²) in [5, 5.41) is 13.3. The second kappa shape index (κ2) is 5.91. The molecule has 1 aliphatic carbocycles. The molecule has 1 saturated carbocycles. The number of hydrogen-bond donors (Lipinski definition) is 2. The third-order valence-electron chi connectivity index (χ3n) is 4.12. The summed E-state index contributed by atoms with van der Waals surface area (Å²) < 4.78 is 1.87. The lowest BCUT2D eigenvalue weighted by Crippen LogP contribution is -2.47. The first-order chi connectivity index (χ1) is 11.7. The van der Waals surface area contributed by atoms with Crippen molar-refractivity contribution < 1.29 is 9.59 Å². The van der Waals surface area contributed by atoms with Crippen LogP contribution in [0.3, 0.4) is 0 Å². The molecule has 24 heavy (non-hydrogen) atoms. The average Bonchev–Trinajstić information content (AvgIpc) is 3.34. The van der Waals surface area contributed by atoms with Crippen LogP contribution in [0.25, 0.3) is 0 Å². The number of rotatable bonds is 4. The van der Waals surface area contributed by atoms with Crippen LogP contribution in [0.5, 0.6) is 0 Å². The molecule has 1 aliphatic heterocycles. The van der Waals surface area contributed by atoms with E-state index in [1.165, 1.54) is 0 Å². The van der Waals surface area contributed by atoms with Crippen LogP contribution in [-0.2, 0) is 4.79 Å². The number of carbonyl (C=O) groups excluding carboxylic acids is 2. The second-order valence-corrected chi connectivity index (χ2v) is 5.92. The fourth-order valence-corrected chi connectivity index (χ4v) is 2.72. The van der Waals surface area contributed by atoms with E-state index in [0.717, 1.165) is 18.5 Å². The molecule has 0 unspecified atom stereocenters.